The van der Waals surface area contributed by atoms with Crippen molar-refractivity contribution >= 4 is 5.97 Å². The summed E-state index contributed by atoms with van der Waals surface area (Å²) in [6, 6.07) is 14.0. The van der Waals surface area contributed by atoms with Gasteiger partial charge < -0.3 is 9.84 Å². The summed E-state index contributed by atoms with van der Waals surface area (Å²) in [7, 11) is 0. The molecular weight excluding hydrogens is 448 g/mol. The summed E-state index contributed by atoms with van der Waals surface area (Å²) in [4.78, 5) is 11.6. The molecule has 0 saturated heterocycles. The maximum Gasteiger partial charge on any atom is 0.422 e. The molecule has 0 spiro atoms. The second-order valence-electron chi connectivity index (χ2n) is 8.30. The van der Waals surface area contributed by atoms with Crippen molar-refractivity contribution in [3.05, 3.63) is 82.4 Å². The third kappa shape index (κ3) is 8.28. The van der Waals surface area contributed by atoms with Crippen LogP contribution in [-0.4, -0.2) is 37.1 Å². The van der Waals surface area contributed by atoms with Gasteiger partial charge in [0, 0.05) is 5.92 Å². The minimum absolute atomic E-state index is 0.283. The monoisotopic (exact) mass is 480 g/mol. The molecule has 0 fully saturated rings. The van der Waals surface area contributed by atoms with Crippen LogP contribution in [0.4, 0.5) is 17.6 Å². The molecule has 34 heavy (non-hydrogen) atoms. The van der Waals surface area contributed by atoms with Crippen molar-refractivity contribution in [2.75, 3.05) is 19.9 Å². The zero-order valence-corrected chi connectivity index (χ0v) is 19.5. The van der Waals surface area contributed by atoms with Crippen LogP contribution in [0.25, 0.3) is 0 Å². The Morgan fingerprint density at radius 3 is 2.21 bits per heavy atom. The predicted molar refractivity (Wildman–Crippen MR) is 125 cm³/mol. The van der Waals surface area contributed by atoms with E-state index >= 15 is 0 Å². The SMILES string of the molecule is C=C(C(=O)OCC(CO)c1ccc(CCc2ccc(CCCCF)cc2)c(CC)c1)C(F)(F)F. The van der Waals surface area contributed by atoms with Crippen LogP contribution in [0, 0.1) is 0 Å². The van der Waals surface area contributed by atoms with Crippen LogP contribution in [0.1, 0.15) is 53.5 Å². The number of hydrogen-bond acceptors (Lipinski definition) is 3. The van der Waals surface area contributed by atoms with Gasteiger partial charge in [-0.2, -0.15) is 13.2 Å². The largest absolute Gasteiger partial charge is 0.461 e. The fourth-order valence-corrected chi connectivity index (χ4v) is 3.68. The predicted octanol–water partition coefficient (Wildman–Crippen LogP) is 6.06. The summed E-state index contributed by atoms with van der Waals surface area (Å²) in [5.74, 6) is -2.17. The number of esters is 1. The number of aryl methyl sites for hydroxylation is 4. The van der Waals surface area contributed by atoms with Gasteiger partial charge in [0.25, 0.3) is 0 Å². The molecule has 0 aromatic heterocycles. The van der Waals surface area contributed by atoms with Gasteiger partial charge in [0.2, 0.25) is 0 Å². The van der Waals surface area contributed by atoms with Crippen molar-refractivity contribution < 1.29 is 32.2 Å². The summed E-state index contributed by atoms with van der Waals surface area (Å²) >= 11 is 0. The maximum atomic E-state index is 12.6. The third-order valence-electron chi connectivity index (χ3n) is 5.86. The van der Waals surface area contributed by atoms with E-state index in [0.29, 0.717) is 12.0 Å². The first-order valence-electron chi connectivity index (χ1n) is 11.5. The Hall–Kier alpha value is -2.67. The zero-order valence-electron chi connectivity index (χ0n) is 19.5. The fraction of sp³-hybridized carbons (Fsp3) is 0.444. The van der Waals surface area contributed by atoms with E-state index in [0.717, 1.165) is 43.2 Å². The Balaban J connectivity index is 1.99. The Labute approximate surface area is 198 Å². The zero-order chi connectivity index (χ0) is 25.1. The van der Waals surface area contributed by atoms with Crippen LogP contribution >= 0.6 is 0 Å². The number of unbranched alkanes of at least 4 members (excludes halogenated alkanes) is 1. The van der Waals surface area contributed by atoms with E-state index in [-0.39, 0.29) is 19.9 Å². The molecule has 0 heterocycles. The third-order valence-corrected chi connectivity index (χ3v) is 5.86. The molecule has 0 amide bonds. The quantitative estimate of drug-likeness (QED) is 0.164. The van der Waals surface area contributed by atoms with Gasteiger partial charge in [0.1, 0.15) is 12.2 Å². The van der Waals surface area contributed by atoms with Crippen LogP contribution in [0.5, 0.6) is 0 Å². The lowest BCUT2D eigenvalue weighted by atomic mass is 9.92. The van der Waals surface area contributed by atoms with E-state index in [1.165, 1.54) is 11.1 Å². The Morgan fingerprint density at radius 2 is 1.65 bits per heavy atom. The number of aliphatic hydroxyl groups is 1. The van der Waals surface area contributed by atoms with Crippen molar-refractivity contribution in [3.8, 4) is 0 Å². The molecule has 1 atom stereocenters. The topological polar surface area (TPSA) is 46.5 Å². The molecule has 2 rings (SSSR count). The molecule has 0 aliphatic rings. The van der Waals surface area contributed by atoms with Gasteiger partial charge in [-0.3, -0.25) is 4.39 Å². The van der Waals surface area contributed by atoms with Crippen molar-refractivity contribution in [2.45, 2.75) is 57.5 Å². The summed E-state index contributed by atoms with van der Waals surface area (Å²) in [6.07, 6.45) is -0.144. The highest BCUT2D eigenvalue weighted by Crippen LogP contribution is 2.26. The van der Waals surface area contributed by atoms with E-state index < -0.39 is 23.6 Å². The Morgan fingerprint density at radius 1 is 1.00 bits per heavy atom. The van der Waals surface area contributed by atoms with Crippen LogP contribution < -0.4 is 0 Å². The maximum absolute atomic E-state index is 12.6. The van der Waals surface area contributed by atoms with E-state index in [1.807, 2.05) is 25.1 Å². The van der Waals surface area contributed by atoms with Gasteiger partial charge in [-0.15, -0.1) is 0 Å². The van der Waals surface area contributed by atoms with E-state index in [1.54, 1.807) is 0 Å². The van der Waals surface area contributed by atoms with Gasteiger partial charge in [0.05, 0.1) is 13.3 Å². The molecule has 1 unspecified atom stereocenters. The summed E-state index contributed by atoms with van der Waals surface area (Å²) in [6.45, 7) is 3.72. The molecular formula is C27H32F4O3. The summed E-state index contributed by atoms with van der Waals surface area (Å²) in [5, 5.41) is 9.71. The molecule has 0 saturated carbocycles. The standard InChI is InChI=1S/C27H32F4O3/c1-3-22-16-24(25(17-32)18-34-26(33)19(2)27(29,30)31)14-13-23(22)12-11-21-9-7-20(8-10-21)6-4-5-15-28/h7-10,13-14,16,25,32H,2-6,11-12,15,17-18H2,1H3. The molecule has 2 aromatic carbocycles. The summed E-state index contributed by atoms with van der Waals surface area (Å²) < 4.78 is 54.8. The van der Waals surface area contributed by atoms with Gasteiger partial charge in [-0.1, -0.05) is 56.0 Å². The number of benzene rings is 2. The molecule has 186 valence electrons. The smallest absolute Gasteiger partial charge is 0.422 e. The highest BCUT2D eigenvalue weighted by molar-refractivity contribution is 5.89. The first kappa shape index (κ1) is 27.6. The lowest BCUT2D eigenvalue weighted by Crippen LogP contribution is -2.23. The summed E-state index contributed by atoms with van der Waals surface area (Å²) in [5.41, 5.74) is 3.76. The normalized spacial score (nSPS) is 12.4. The lowest BCUT2D eigenvalue weighted by molar-refractivity contribution is -0.151. The molecule has 0 radical (unpaired) electrons. The number of halogens is 4. The van der Waals surface area contributed by atoms with Gasteiger partial charge in [0.15, 0.2) is 0 Å². The van der Waals surface area contributed by atoms with Gasteiger partial charge in [-0.05, 0) is 66.3 Å². The van der Waals surface area contributed by atoms with Crippen LogP contribution in [0.15, 0.2) is 54.6 Å². The Kier molecular flexibility index (Phi) is 10.8. The van der Waals surface area contributed by atoms with E-state index in [2.05, 4.69) is 30.8 Å². The number of hydrogen-bond donors (Lipinski definition) is 1. The van der Waals surface area contributed by atoms with Crippen LogP contribution in [0.3, 0.4) is 0 Å². The minimum Gasteiger partial charge on any atom is -0.461 e. The number of aliphatic hydroxyl groups excluding tert-OH is 1. The van der Waals surface area contributed by atoms with Gasteiger partial charge >= 0.3 is 12.1 Å². The Bertz CT molecular complexity index is 936. The average molecular weight is 481 g/mol. The number of carbonyl (C=O) groups is 1. The lowest BCUT2D eigenvalue weighted by Gasteiger charge is -2.18. The highest BCUT2D eigenvalue weighted by atomic mass is 19.4. The molecule has 3 nitrogen and oxygen atoms in total. The number of carbonyl (C=O) groups excluding carboxylic acids is 1. The van der Waals surface area contributed by atoms with Crippen LogP contribution in [-0.2, 0) is 35.2 Å². The molecule has 0 aliphatic carbocycles. The highest BCUT2D eigenvalue weighted by Gasteiger charge is 2.38. The first-order valence-corrected chi connectivity index (χ1v) is 11.5. The van der Waals surface area contributed by atoms with Crippen molar-refractivity contribution in [2.24, 2.45) is 0 Å². The van der Waals surface area contributed by atoms with E-state index in [4.69, 9.17) is 4.74 Å². The minimum atomic E-state index is -4.85. The number of rotatable bonds is 13. The number of alkyl halides is 4. The molecule has 2 aromatic rings. The van der Waals surface area contributed by atoms with Crippen molar-refractivity contribution in [3.63, 3.8) is 0 Å². The molecule has 1 N–H and O–H groups in total. The average Bonchev–Trinajstić information content (AvgIpc) is 2.83. The number of ether oxygens (including phenoxy) is 1. The van der Waals surface area contributed by atoms with Gasteiger partial charge in [-0.25, -0.2) is 4.79 Å². The second kappa shape index (κ2) is 13.3. The van der Waals surface area contributed by atoms with Crippen molar-refractivity contribution in [1.82, 2.24) is 0 Å². The van der Waals surface area contributed by atoms with Crippen molar-refractivity contribution in [1.29, 1.82) is 0 Å². The molecule has 7 heteroatoms. The second-order valence-corrected chi connectivity index (χ2v) is 8.30. The van der Waals surface area contributed by atoms with Crippen LogP contribution in [0.2, 0.25) is 0 Å². The fourth-order valence-electron chi connectivity index (χ4n) is 3.68. The molecule has 0 bridgehead atoms. The van der Waals surface area contributed by atoms with E-state index in [9.17, 15) is 27.5 Å². The first-order chi connectivity index (χ1) is 16.2. The molecule has 0 aliphatic heterocycles.